The molecule has 0 spiro atoms. The number of rotatable bonds is 2. The number of nitrogens with one attached hydrogen (secondary N) is 1. The number of benzene rings is 1. The number of hydrogen-bond donors (Lipinski definition) is 1. The van der Waals surface area contributed by atoms with E-state index in [0.29, 0.717) is 10.5 Å². The first-order valence-electron chi connectivity index (χ1n) is 5.50. The van der Waals surface area contributed by atoms with E-state index in [-0.39, 0.29) is 11.9 Å². The molecule has 2 unspecified atom stereocenters. The van der Waals surface area contributed by atoms with Crippen LogP contribution in [0.15, 0.2) is 22.7 Å². The molecule has 0 amide bonds. The molecule has 1 aromatic carbocycles. The van der Waals surface area contributed by atoms with Gasteiger partial charge in [-0.15, -0.1) is 0 Å². The van der Waals surface area contributed by atoms with Crippen molar-refractivity contribution in [1.29, 1.82) is 0 Å². The van der Waals surface area contributed by atoms with Gasteiger partial charge in [0, 0.05) is 12.6 Å². The molecule has 2 rings (SSSR count). The second-order valence-electron chi connectivity index (χ2n) is 4.01. The van der Waals surface area contributed by atoms with Gasteiger partial charge in [-0.05, 0) is 40.0 Å². The standard InChI is InChI=1S/C12H15BrFNO/c1-2-9-7-16-12(6-15-9)8-3-4-11(14)10(13)5-8/h3-5,9,12,15H,2,6-7H2,1H3. The minimum Gasteiger partial charge on any atom is -0.371 e. The minimum atomic E-state index is -0.237. The highest BCUT2D eigenvalue weighted by molar-refractivity contribution is 9.10. The highest BCUT2D eigenvalue weighted by Crippen LogP contribution is 2.25. The fourth-order valence-electron chi connectivity index (χ4n) is 1.81. The smallest absolute Gasteiger partial charge is 0.137 e. The lowest BCUT2D eigenvalue weighted by atomic mass is 10.1. The van der Waals surface area contributed by atoms with Crippen molar-refractivity contribution in [2.75, 3.05) is 13.2 Å². The van der Waals surface area contributed by atoms with E-state index in [4.69, 9.17) is 4.74 Å². The summed E-state index contributed by atoms with van der Waals surface area (Å²) < 4.78 is 19.3. The normalized spacial score (nSPS) is 25.7. The summed E-state index contributed by atoms with van der Waals surface area (Å²) in [6.07, 6.45) is 1.10. The third-order valence-electron chi connectivity index (χ3n) is 2.90. The highest BCUT2D eigenvalue weighted by atomic mass is 79.9. The van der Waals surface area contributed by atoms with Crippen LogP contribution in [-0.2, 0) is 4.74 Å². The Morgan fingerprint density at radius 1 is 1.56 bits per heavy atom. The Labute approximate surface area is 103 Å². The molecule has 0 saturated carbocycles. The van der Waals surface area contributed by atoms with Crippen LogP contribution >= 0.6 is 15.9 Å². The lowest BCUT2D eigenvalue weighted by Gasteiger charge is -2.30. The van der Waals surface area contributed by atoms with Gasteiger partial charge in [0.2, 0.25) is 0 Å². The van der Waals surface area contributed by atoms with Crippen molar-refractivity contribution in [3.05, 3.63) is 34.1 Å². The zero-order valence-electron chi connectivity index (χ0n) is 9.17. The molecule has 1 heterocycles. The summed E-state index contributed by atoms with van der Waals surface area (Å²) in [6.45, 7) is 3.64. The first-order valence-corrected chi connectivity index (χ1v) is 6.30. The predicted molar refractivity (Wildman–Crippen MR) is 64.9 cm³/mol. The van der Waals surface area contributed by atoms with E-state index < -0.39 is 0 Å². The molecule has 2 nitrogen and oxygen atoms in total. The molecule has 4 heteroatoms. The van der Waals surface area contributed by atoms with Crippen LogP contribution in [0.5, 0.6) is 0 Å². The van der Waals surface area contributed by atoms with Crippen molar-refractivity contribution in [3.8, 4) is 0 Å². The van der Waals surface area contributed by atoms with Crippen LogP contribution in [0.4, 0.5) is 4.39 Å². The molecule has 0 bridgehead atoms. The average Bonchev–Trinajstić information content (AvgIpc) is 2.33. The van der Waals surface area contributed by atoms with Gasteiger partial charge in [0.25, 0.3) is 0 Å². The SMILES string of the molecule is CCC1COC(c2ccc(F)c(Br)c2)CN1. The molecule has 0 radical (unpaired) electrons. The molecule has 1 saturated heterocycles. The van der Waals surface area contributed by atoms with Crippen LogP contribution in [-0.4, -0.2) is 19.2 Å². The van der Waals surface area contributed by atoms with Gasteiger partial charge in [-0.1, -0.05) is 13.0 Å². The van der Waals surface area contributed by atoms with E-state index in [1.165, 1.54) is 6.07 Å². The maximum Gasteiger partial charge on any atom is 0.137 e. The van der Waals surface area contributed by atoms with Crippen LogP contribution in [0.1, 0.15) is 25.0 Å². The third kappa shape index (κ3) is 2.62. The lowest BCUT2D eigenvalue weighted by Crippen LogP contribution is -2.42. The molecule has 0 aliphatic carbocycles. The summed E-state index contributed by atoms with van der Waals surface area (Å²) in [4.78, 5) is 0. The fraction of sp³-hybridized carbons (Fsp3) is 0.500. The van der Waals surface area contributed by atoms with Gasteiger partial charge in [-0.25, -0.2) is 4.39 Å². The molecule has 1 aromatic rings. The maximum absolute atomic E-state index is 13.1. The van der Waals surface area contributed by atoms with E-state index in [1.807, 2.05) is 0 Å². The Morgan fingerprint density at radius 3 is 2.94 bits per heavy atom. The molecule has 16 heavy (non-hydrogen) atoms. The van der Waals surface area contributed by atoms with Gasteiger partial charge in [-0.2, -0.15) is 0 Å². The first-order chi connectivity index (χ1) is 7.70. The van der Waals surface area contributed by atoms with Gasteiger partial charge < -0.3 is 10.1 Å². The summed E-state index contributed by atoms with van der Waals surface area (Å²) in [5, 5.41) is 3.42. The molecule has 2 atom stereocenters. The summed E-state index contributed by atoms with van der Waals surface area (Å²) in [7, 11) is 0. The van der Waals surface area contributed by atoms with Crippen LogP contribution < -0.4 is 5.32 Å². The van der Waals surface area contributed by atoms with E-state index in [1.54, 1.807) is 12.1 Å². The topological polar surface area (TPSA) is 21.3 Å². The van der Waals surface area contributed by atoms with E-state index in [0.717, 1.165) is 25.1 Å². The molecule has 1 N–H and O–H groups in total. The highest BCUT2D eigenvalue weighted by Gasteiger charge is 2.21. The van der Waals surface area contributed by atoms with Gasteiger partial charge in [-0.3, -0.25) is 0 Å². The fourth-order valence-corrected chi connectivity index (χ4v) is 2.21. The van der Waals surface area contributed by atoms with Gasteiger partial charge in [0.15, 0.2) is 0 Å². The Kier molecular flexibility index (Phi) is 3.95. The Hall–Kier alpha value is -0.450. The number of morpholine rings is 1. The number of halogens is 2. The van der Waals surface area contributed by atoms with E-state index in [2.05, 4.69) is 28.2 Å². The second kappa shape index (κ2) is 5.25. The Balaban J connectivity index is 2.05. The maximum atomic E-state index is 13.1. The number of ether oxygens (including phenoxy) is 1. The molecular formula is C12H15BrFNO. The van der Waals surface area contributed by atoms with Crippen LogP contribution in [0.3, 0.4) is 0 Å². The summed E-state index contributed by atoms with van der Waals surface area (Å²) in [6, 6.07) is 5.47. The van der Waals surface area contributed by atoms with Crippen molar-refractivity contribution >= 4 is 15.9 Å². The second-order valence-corrected chi connectivity index (χ2v) is 4.86. The van der Waals surface area contributed by atoms with Gasteiger partial charge in [0.05, 0.1) is 17.2 Å². The van der Waals surface area contributed by atoms with Crippen LogP contribution in [0.2, 0.25) is 0 Å². The summed E-state index contributed by atoms with van der Waals surface area (Å²) in [5.41, 5.74) is 1.01. The van der Waals surface area contributed by atoms with Crippen LogP contribution in [0, 0.1) is 5.82 Å². The third-order valence-corrected chi connectivity index (χ3v) is 3.51. The first kappa shape index (κ1) is 12.0. The minimum absolute atomic E-state index is 0.0275. The van der Waals surface area contributed by atoms with Crippen molar-refractivity contribution in [2.24, 2.45) is 0 Å². The summed E-state index contributed by atoms with van der Waals surface area (Å²) >= 11 is 3.19. The molecule has 1 aliphatic heterocycles. The van der Waals surface area contributed by atoms with Crippen molar-refractivity contribution < 1.29 is 9.13 Å². The molecule has 88 valence electrons. The monoisotopic (exact) mass is 287 g/mol. The molecule has 1 fully saturated rings. The largest absolute Gasteiger partial charge is 0.371 e. The number of hydrogen-bond acceptors (Lipinski definition) is 2. The molecule has 0 aromatic heterocycles. The molecular weight excluding hydrogens is 273 g/mol. The van der Waals surface area contributed by atoms with Crippen molar-refractivity contribution in [2.45, 2.75) is 25.5 Å². The van der Waals surface area contributed by atoms with Gasteiger partial charge in [0.1, 0.15) is 5.82 Å². The zero-order chi connectivity index (χ0) is 11.5. The average molecular weight is 288 g/mol. The quantitative estimate of drug-likeness (QED) is 0.903. The van der Waals surface area contributed by atoms with Crippen molar-refractivity contribution in [3.63, 3.8) is 0 Å². The summed E-state index contributed by atoms with van der Waals surface area (Å²) in [5.74, 6) is -0.237. The van der Waals surface area contributed by atoms with Gasteiger partial charge >= 0.3 is 0 Å². The van der Waals surface area contributed by atoms with Crippen LogP contribution in [0.25, 0.3) is 0 Å². The Morgan fingerprint density at radius 2 is 2.38 bits per heavy atom. The van der Waals surface area contributed by atoms with Crippen molar-refractivity contribution in [1.82, 2.24) is 5.32 Å². The van der Waals surface area contributed by atoms with E-state index >= 15 is 0 Å². The molecule has 1 aliphatic rings. The Bertz CT molecular complexity index is 364. The van der Waals surface area contributed by atoms with E-state index in [9.17, 15) is 4.39 Å². The predicted octanol–water partition coefficient (Wildman–Crippen LogP) is 3.03. The lowest BCUT2D eigenvalue weighted by molar-refractivity contribution is 0.00217. The zero-order valence-corrected chi connectivity index (χ0v) is 10.8.